The quantitative estimate of drug-likeness (QED) is 0.857. The summed E-state index contributed by atoms with van der Waals surface area (Å²) in [5, 5.41) is 11.9. The van der Waals surface area contributed by atoms with Crippen molar-refractivity contribution >= 4 is 23.3 Å². The number of benzene rings is 1. The van der Waals surface area contributed by atoms with Gasteiger partial charge in [0.1, 0.15) is 11.9 Å². The van der Waals surface area contributed by atoms with Crippen molar-refractivity contribution in [3.8, 4) is 0 Å². The molecule has 16 heavy (non-hydrogen) atoms. The molecule has 1 unspecified atom stereocenters. The van der Waals surface area contributed by atoms with Crippen LogP contribution >= 0.6 is 11.6 Å². The summed E-state index contributed by atoms with van der Waals surface area (Å²) in [5.74, 6) is -1.59. The van der Waals surface area contributed by atoms with Crippen LogP contribution in [0.15, 0.2) is 18.2 Å². The van der Waals surface area contributed by atoms with Crippen LogP contribution in [0.25, 0.3) is 0 Å². The highest BCUT2D eigenvalue weighted by Gasteiger charge is 2.21. The van der Waals surface area contributed by atoms with Gasteiger partial charge in [-0.25, -0.2) is 9.18 Å². The number of aliphatic carboxylic acids is 1. The topological polar surface area (TPSA) is 49.3 Å². The Labute approximate surface area is 98.2 Å². The zero-order valence-electron chi connectivity index (χ0n) is 9.00. The number of hydrogen-bond acceptors (Lipinski definition) is 2. The Morgan fingerprint density at radius 1 is 1.44 bits per heavy atom. The van der Waals surface area contributed by atoms with Crippen molar-refractivity contribution in [2.45, 2.75) is 19.9 Å². The first-order valence-electron chi connectivity index (χ1n) is 4.85. The zero-order chi connectivity index (χ0) is 12.3. The van der Waals surface area contributed by atoms with Crippen molar-refractivity contribution < 1.29 is 14.3 Å². The van der Waals surface area contributed by atoms with E-state index in [4.69, 9.17) is 16.7 Å². The van der Waals surface area contributed by atoms with Crippen LogP contribution < -0.4 is 5.32 Å². The van der Waals surface area contributed by atoms with Crippen molar-refractivity contribution in [3.63, 3.8) is 0 Å². The normalized spacial score (nSPS) is 12.6. The summed E-state index contributed by atoms with van der Waals surface area (Å²) in [6.45, 7) is 3.54. The van der Waals surface area contributed by atoms with Crippen LogP contribution in [-0.2, 0) is 4.79 Å². The van der Waals surface area contributed by atoms with Crippen molar-refractivity contribution in [1.82, 2.24) is 0 Å². The monoisotopic (exact) mass is 245 g/mol. The molecule has 0 aliphatic heterocycles. The highest BCUT2D eigenvalue weighted by Crippen LogP contribution is 2.20. The van der Waals surface area contributed by atoms with Crippen LogP contribution in [0.5, 0.6) is 0 Å². The van der Waals surface area contributed by atoms with Crippen LogP contribution in [0.1, 0.15) is 13.8 Å². The molecule has 88 valence electrons. The number of carboxylic acid groups (broad SMARTS) is 1. The minimum atomic E-state index is -0.976. The fraction of sp³-hybridized carbons (Fsp3) is 0.364. The largest absolute Gasteiger partial charge is 0.480 e. The zero-order valence-corrected chi connectivity index (χ0v) is 9.75. The number of hydrogen-bond donors (Lipinski definition) is 2. The Morgan fingerprint density at radius 3 is 2.50 bits per heavy atom. The molecule has 1 aromatic rings. The number of rotatable bonds is 4. The molecule has 0 aliphatic rings. The molecule has 3 nitrogen and oxygen atoms in total. The summed E-state index contributed by atoms with van der Waals surface area (Å²) in [7, 11) is 0. The van der Waals surface area contributed by atoms with E-state index >= 15 is 0 Å². The fourth-order valence-electron chi connectivity index (χ4n) is 1.33. The number of anilines is 1. The molecule has 0 saturated carbocycles. The fourth-order valence-corrected chi connectivity index (χ4v) is 1.55. The van der Waals surface area contributed by atoms with Gasteiger partial charge in [0.15, 0.2) is 0 Å². The van der Waals surface area contributed by atoms with E-state index in [1.54, 1.807) is 13.8 Å². The minimum Gasteiger partial charge on any atom is -0.480 e. The number of halogens is 2. The first-order valence-corrected chi connectivity index (χ1v) is 5.23. The van der Waals surface area contributed by atoms with Gasteiger partial charge in [-0.15, -0.1) is 0 Å². The van der Waals surface area contributed by atoms with Gasteiger partial charge in [-0.1, -0.05) is 25.4 Å². The molecule has 0 bridgehead atoms. The number of nitrogens with one attached hydrogen (secondary N) is 1. The summed E-state index contributed by atoms with van der Waals surface area (Å²) in [4.78, 5) is 10.9. The predicted molar refractivity (Wildman–Crippen MR) is 61.3 cm³/mol. The van der Waals surface area contributed by atoms with Crippen molar-refractivity contribution in [2.75, 3.05) is 5.32 Å². The van der Waals surface area contributed by atoms with Gasteiger partial charge in [0.2, 0.25) is 0 Å². The summed E-state index contributed by atoms with van der Waals surface area (Å²) in [6, 6.07) is 3.10. The summed E-state index contributed by atoms with van der Waals surface area (Å²) >= 11 is 5.67. The van der Waals surface area contributed by atoms with Crippen molar-refractivity contribution in [3.05, 3.63) is 29.0 Å². The van der Waals surface area contributed by atoms with E-state index in [0.717, 1.165) is 6.07 Å². The third kappa shape index (κ3) is 3.38. The van der Waals surface area contributed by atoms with Crippen LogP contribution in [-0.4, -0.2) is 17.1 Å². The molecule has 0 aromatic heterocycles. The highest BCUT2D eigenvalue weighted by molar-refractivity contribution is 6.30. The lowest BCUT2D eigenvalue weighted by atomic mass is 10.0. The Kier molecular flexibility index (Phi) is 4.12. The number of carbonyl (C=O) groups is 1. The van der Waals surface area contributed by atoms with Crippen molar-refractivity contribution in [2.24, 2.45) is 5.92 Å². The average Bonchev–Trinajstić information content (AvgIpc) is 2.11. The number of carboxylic acids is 1. The molecule has 1 aromatic carbocycles. The van der Waals surface area contributed by atoms with Gasteiger partial charge < -0.3 is 10.4 Å². The lowest BCUT2D eigenvalue weighted by Gasteiger charge is -2.19. The molecular weight excluding hydrogens is 233 g/mol. The first kappa shape index (κ1) is 12.8. The van der Waals surface area contributed by atoms with Crippen LogP contribution in [0.2, 0.25) is 5.02 Å². The molecule has 0 spiro atoms. The average molecular weight is 246 g/mol. The third-order valence-corrected chi connectivity index (χ3v) is 2.34. The smallest absolute Gasteiger partial charge is 0.326 e. The van der Waals surface area contributed by atoms with Gasteiger partial charge in [0, 0.05) is 10.7 Å². The van der Waals surface area contributed by atoms with Gasteiger partial charge in [-0.05, 0) is 24.1 Å². The van der Waals surface area contributed by atoms with Gasteiger partial charge >= 0.3 is 5.97 Å². The van der Waals surface area contributed by atoms with E-state index in [1.165, 1.54) is 12.1 Å². The van der Waals surface area contributed by atoms with Crippen LogP contribution in [0, 0.1) is 11.7 Å². The van der Waals surface area contributed by atoms with E-state index < -0.39 is 17.8 Å². The second-order valence-corrected chi connectivity index (χ2v) is 4.30. The summed E-state index contributed by atoms with van der Waals surface area (Å²) < 4.78 is 13.0. The van der Waals surface area contributed by atoms with E-state index in [9.17, 15) is 9.18 Å². The first-order chi connectivity index (χ1) is 7.40. The molecule has 2 N–H and O–H groups in total. The Hall–Kier alpha value is -1.29. The molecular formula is C11H13ClFNO2. The van der Waals surface area contributed by atoms with Gasteiger partial charge in [0.25, 0.3) is 0 Å². The molecule has 0 radical (unpaired) electrons. The third-order valence-electron chi connectivity index (χ3n) is 2.12. The molecule has 0 amide bonds. The van der Waals surface area contributed by atoms with Crippen LogP contribution in [0.3, 0.4) is 0 Å². The highest BCUT2D eigenvalue weighted by atomic mass is 35.5. The van der Waals surface area contributed by atoms with Gasteiger partial charge in [0.05, 0.1) is 0 Å². The van der Waals surface area contributed by atoms with E-state index in [0.29, 0.717) is 5.69 Å². The lowest BCUT2D eigenvalue weighted by molar-refractivity contribution is -0.138. The molecule has 5 heteroatoms. The summed E-state index contributed by atoms with van der Waals surface area (Å²) in [6.07, 6.45) is 0. The standard InChI is InChI=1S/C11H13ClFNO2/c1-6(2)10(11(15)16)14-9-4-7(12)3-8(13)5-9/h3-6,10,14H,1-2H3,(H,15,16). The molecule has 0 saturated heterocycles. The second kappa shape index (κ2) is 5.16. The lowest BCUT2D eigenvalue weighted by Crippen LogP contribution is -2.34. The van der Waals surface area contributed by atoms with Crippen LogP contribution in [0.4, 0.5) is 10.1 Å². The van der Waals surface area contributed by atoms with E-state index in [-0.39, 0.29) is 10.9 Å². The molecule has 1 atom stereocenters. The van der Waals surface area contributed by atoms with Crippen molar-refractivity contribution in [1.29, 1.82) is 0 Å². The SMILES string of the molecule is CC(C)C(Nc1cc(F)cc(Cl)c1)C(=O)O. The maximum atomic E-state index is 13.0. The van der Waals surface area contributed by atoms with E-state index in [2.05, 4.69) is 5.32 Å². The van der Waals surface area contributed by atoms with E-state index in [1.807, 2.05) is 0 Å². The Balaban J connectivity index is 2.89. The second-order valence-electron chi connectivity index (χ2n) is 3.86. The minimum absolute atomic E-state index is 0.112. The molecule has 1 rings (SSSR count). The maximum Gasteiger partial charge on any atom is 0.326 e. The molecule has 0 fully saturated rings. The Bertz CT molecular complexity index is 375. The Morgan fingerprint density at radius 2 is 2.06 bits per heavy atom. The molecule has 0 heterocycles. The van der Waals surface area contributed by atoms with Gasteiger partial charge in [-0.2, -0.15) is 0 Å². The maximum absolute atomic E-state index is 13.0. The molecule has 0 aliphatic carbocycles. The van der Waals surface area contributed by atoms with Gasteiger partial charge in [-0.3, -0.25) is 0 Å². The predicted octanol–water partition coefficient (Wildman–Crippen LogP) is 3.00. The summed E-state index contributed by atoms with van der Waals surface area (Å²) in [5.41, 5.74) is 0.367.